The highest BCUT2D eigenvalue weighted by Gasteiger charge is 2.35. The zero-order valence-electron chi connectivity index (χ0n) is 19.7. The van der Waals surface area contributed by atoms with Gasteiger partial charge in [0.2, 0.25) is 5.91 Å². The molecule has 0 radical (unpaired) electrons. The van der Waals surface area contributed by atoms with Crippen molar-refractivity contribution >= 4 is 64.4 Å². The highest BCUT2D eigenvalue weighted by Crippen LogP contribution is 2.38. The normalized spacial score (nSPS) is 14.0. The lowest BCUT2D eigenvalue weighted by Crippen LogP contribution is -2.38. The Hall–Kier alpha value is -3.79. The highest BCUT2D eigenvalue weighted by atomic mass is 35.5. The molecule has 4 rings (SSSR count). The first kappa shape index (κ1) is 27.3. The molecule has 1 aliphatic heterocycles. The van der Waals surface area contributed by atoms with Gasteiger partial charge in [-0.1, -0.05) is 53.0 Å². The Balaban J connectivity index is 1.48. The summed E-state index contributed by atoms with van der Waals surface area (Å²) in [6, 6.07) is 12.8. The van der Waals surface area contributed by atoms with E-state index in [0.717, 1.165) is 0 Å². The number of urea groups is 1. The molecule has 196 valence electrons. The quantitative estimate of drug-likeness (QED) is 0.256. The second kappa shape index (κ2) is 11.7. The molecule has 8 nitrogen and oxygen atoms in total. The molecule has 0 aliphatic carbocycles. The van der Waals surface area contributed by atoms with E-state index in [1.54, 1.807) is 24.3 Å². The van der Waals surface area contributed by atoms with Crippen LogP contribution in [0.4, 0.5) is 14.9 Å². The number of para-hydroxylation sites is 1. The summed E-state index contributed by atoms with van der Waals surface area (Å²) in [6.07, 6.45) is 1.38. The molecule has 1 fully saturated rings. The Bertz CT molecular complexity index is 1460. The summed E-state index contributed by atoms with van der Waals surface area (Å²) in [4.78, 5) is 38.2. The van der Waals surface area contributed by atoms with Crippen molar-refractivity contribution < 1.29 is 28.2 Å². The Morgan fingerprint density at radius 3 is 2.55 bits per heavy atom. The minimum atomic E-state index is -0.803. The number of anilines is 1. The van der Waals surface area contributed by atoms with E-state index in [4.69, 9.17) is 44.3 Å². The molecule has 1 heterocycles. The molecule has 4 amide bonds. The number of amides is 4. The van der Waals surface area contributed by atoms with Gasteiger partial charge in [-0.25, -0.2) is 14.1 Å². The van der Waals surface area contributed by atoms with Gasteiger partial charge in [-0.3, -0.25) is 9.59 Å². The number of carbonyl (C=O) groups is 3. The van der Waals surface area contributed by atoms with Crippen molar-refractivity contribution in [1.29, 1.82) is 0 Å². The molecule has 12 heteroatoms. The third-order valence-electron chi connectivity index (χ3n) is 5.36. The summed E-state index contributed by atoms with van der Waals surface area (Å²) in [5.41, 5.74) is 0.944. The number of rotatable bonds is 8. The maximum Gasteiger partial charge on any atom is 0.329 e. The molecule has 0 atom stereocenters. The number of imide groups is 1. The summed E-state index contributed by atoms with van der Waals surface area (Å²) >= 11 is 18.6. The van der Waals surface area contributed by atoms with Crippen LogP contribution in [0.3, 0.4) is 0 Å². The number of nitrogens with one attached hydrogen (secondary N) is 2. The second-order valence-corrected chi connectivity index (χ2v) is 9.22. The minimum absolute atomic E-state index is 0.0669. The van der Waals surface area contributed by atoms with Crippen LogP contribution in [0.1, 0.15) is 11.1 Å². The molecule has 3 aromatic carbocycles. The third-order valence-corrected chi connectivity index (χ3v) is 6.23. The lowest BCUT2D eigenvalue weighted by Gasteiger charge is -2.14. The SMILES string of the molecule is COc1cc(/C=C2/NC(=O)N(CC(=O)Nc3ccccc3F)C2=O)cc(Cl)c1OCc1ccc(Cl)cc1Cl. The van der Waals surface area contributed by atoms with E-state index in [-0.39, 0.29) is 34.5 Å². The first-order valence-corrected chi connectivity index (χ1v) is 12.1. The zero-order chi connectivity index (χ0) is 27.4. The van der Waals surface area contributed by atoms with Crippen LogP contribution >= 0.6 is 34.8 Å². The number of halogens is 4. The van der Waals surface area contributed by atoms with E-state index in [1.807, 2.05) is 0 Å². The van der Waals surface area contributed by atoms with Gasteiger partial charge in [0.15, 0.2) is 11.5 Å². The maximum atomic E-state index is 13.8. The second-order valence-electron chi connectivity index (χ2n) is 7.97. The summed E-state index contributed by atoms with van der Waals surface area (Å²) < 4.78 is 25.0. The van der Waals surface area contributed by atoms with Crippen LogP contribution in [0.2, 0.25) is 15.1 Å². The van der Waals surface area contributed by atoms with Crippen LogP contribution in [-0.2, 0) is 16.2 Å². The van der Waals surface area contributed by atoms with Gasteiger partial charge in [-0.2, -0.15) is 0 Å². The van der Waals surface area contributed by atoms with E-state index in [1.165, 1.54) is 43.5 Å². The van der Waals surface area contributed by atoms with Crippen molar-refractivity contribution in [3.8, 4) is 11.5 Å². The number of methoxy groups -OCH3 is 1. The van der Waals surface area contributed by atoms with Gasteiger partial charge in [0.1, 0.15) is 24.7 Å². The summed E-state index contributed by atoms with van der Waals surface area (Å²) in [5.74, 6) is -1.62. The Morgan fingerprint density at radius 2 is 1.84 bits per heavy atom. The molecular weight excluding hydrogens is 560 g/mol. The predicted octanol–water partition coefficient (Wildman–Crippen LogP) is 5.90. The van der Waals surface area contributed by atoms with E-state index in [9.17, 15) is 18.8 Å². The predicted molar refractivity (Wildman–Crippen MR) is 142 cm³/mol. The van der Waals surface area contributed by atoms with E-state index in [2.05, 4.69) is 10.6 Å². The van der Waals surface area contributed by atoms with Crippen molar-refractivity contribution in [2.45, 2.75) is 6.61 Å². The van der Waals surface area contributed by atoms with Crippen LogP contribution in [0, 0.1) is 5.82 Å². The van der Waals surface area contributed by atoms with Gasteiger partial charge >= 0.3 is 6.03 Å². The molecule has 0 spiro atoms. The third kappa shape index (κ3) is 6.19. The molecule has 1 saturated heterocycles. The number of hydrogen-bond donors (Lipinski definition) is 2. The lowest BCUT2D eigenvalue weighted by molar-refractivity contribution is -0.127. The van der Waals surface area contributed by atoms with E-state index < -0.39 is 30.2 Å². The molecule has 0 bridgehead atoms. The first-order valence-electron chi connectivity index (χ1n) is 11.0. The summed E-state index contributed by atoms with van der Waals surface area (Å²) in [6.45, 7) is -0.522. The minimum Gasteiger partial charge on any atom is -0.493 e. The zero-order valence-corrected chi connectivity index (χ0v) is 22.0. The maximum absolute atomic E-state index is 13.8. The summed E-state index contributed by atoms with van der Waals surface area (Å²) in [5, 5.41) is 5.84. The molecule has 0 aromatic heterocycles. The van der Waals surface area contributed by atoms with Crippen LogP contribution < -0.4 is 20.1 Å². The fraction of sp³-hybridized carbons (Fsp3) is 0.115. The van der Waals surface area contributed by atoms with Gasteiger partial charge in [0.05, 0.1) is 17.8 Å². The smallest absolute Gasteiger partial charge is 0.329 e. The Morgan fingerprint density at radius 1 is 1.08 bits per heavy atom. The number of benzene rings is 3. The molecule has 0 saturated carbocycles. The Labute approximate surface area is 231 Å². The molecule has 0 unspecified atom stereocenters. The monoisotopic (exact) mass is 577 g/mol. The van der Waals surface area contributed by atoms with Crippen molar-refractivity contribution in [2.75, 3.05) is 19.0 Å². The standard InChI is InChI=1S/C26H19Cl3FN3O5/c1-37-22-10-14(8-18(29)24(22)38-13-15-6-7-16(27)11-17(15)28)9-21-25(35)33(26(36)32-21)12-23(34)31-20-5-3-2-4-19(20)30/h2-11H,12-13H2,1H3,(H,31,34)(H,32,36)/b21-9+. The number of hydrogen-bond acceptors (Lipinski definition) is 5. The lowest BCUT2D eigenvalue weighted by atomic mass is 10.1. The van der Waals surface area contributed by atoms with Crippen LogP contribution in [0.15, 0.2) is 60.3 Å². The molecule has 3 aromatic rings. The topological polar surface area (TPSA) is 97.0 Å². The van der Waals surface area contributed by atoms with Crippen LogP contribution in [-0.4, -0.2) is 36.4 Å². The van der Waals surface area contributed by atoms with Gasteiger partial charge in [-0.15, -0.1) is 0 Å². The number of nitrogens with zero attached hydrogens (tertiary/aromatic N) is 1. The largest absolute Gasteiger partial charge is 0.493 e. The van der Waals surface area contributed by atoms with E-state index >= 15 is 0 Å². The first-order chi connectivity index (χ1) is 18.2. The van der Waals surface area contributed by atoms with Gasteiger partial charge in [0.25, 0.3) is 5.91 Å². The van der Waals surface area contributed by atoms with Gasteiger partial charge in [-0.05, 0) is 48.0 Å². The molecule has 38 heavy (non-hydrogen) atoms. The average molecular weight is 579 g/mol. The molecule has 2 N–H and O–H groups in total. The average Bonchev–Trinajstić information content (AvgIpc) is 3.12. The van der Waals surface area contributed by atoms with Crippen LogP contribution in [0.25, 0.3) is 6.08 Å². The van der Waals surface area contributed by atoms with Gasteiger partial charge in [0, 0.05) is 15.6 Å². The van der Waals surface area contributed by atoms with Crippen molar-refractivity contribution in [1.82, 2.24) is 10.2 Å². The molecular formula is C26H19Cl3FN3O5. The molecule has 1 aliphatic rings. The van der Waals surface area contributed by atoms with Gasteiger partial charge < -0.3 is 20.1 Å². The number of ether oxygens (including phenoxy) is 2. The fourth-order valence-corrected chi connectivity index (χ4v) is 4.27. The highest BCUT2D eigenvalue weighted by molar-refractivity contribution is 6.35. The van der Waals surface area contributed by atoms with Crippen molar-refractivity contribution in [3.63, 3.8) is 0 Å². The van der Waals surface area contributed by atoms with E-state index in [0.29, 0.717) is 26.1 Å². The number of carbonyl (C=O) groups excluding carboxylic acids is 3. The van der Waals surface area contributed by atoms with Crippen LogP contribution in [0.5, 0.6) is 11.5 Å². The summed E-state index contributed by atoms with van der Waals surface area (Å²) in [7, 11) is 1.42. The van der Waals surface area contributed by atoms with Crippen molar-refractivity contribution in [2.24, 2.45) is 0 Å². The Kier molecular flexibility index (Phi) is 8.41. The van der Waals surface area contributed by atoms with Crippen molar-refractivity contribution in [3.05, 3.63) is 92.3 Å². The fourth-order valence-electron chi connectivity index (χ4n) is 3.53.